The lowest BCUT2D eigenvalue weighted by Crippen LogP contribution is -2.41. The van der Waals surface area contributed by atoms with Crippen LogP contribution in [0.25, 0.3) is 0 Å². The fourth-order valence-corrected chi connectivity index (χ4v) is 2.20. The highest BCUT2D eigenvalue weighted by Gasteiger charge is 2.26. The highest BCUT2D eigenvalue weighted by atomic mass is 79.9. The van der Waals surface area contributed by atoms with Crippen LogP contribution in [0.4, 0.5) is 5.69 Å². The lowest BCUT2D eigenvalue weighted by Gasteiger charge is -2.32. The number of nitrogens with two attached hydrogens (primary N) is 1. The molecule has 1 aliphatic carbocycles. The fourth-order valence-electron chi connectivity index (χ4n) is 1.72. The number of nitro groups is 1. The van der Waals surface area contributed by atoms with E-state index in [1.54, 1.807) is 6.07 Å². The minimum atomic E-state index is -0.416. The molecule has 2 N–H and O–H groups in total. The van der Waals surface area contributed by atoms with E-state index in [-0.39, 0.29) is 17.8 Å². The maximum absolute atomic E-state index is 10.6. The van der Waals surface area contributed by atoms with Gasteiger partial charge in [0, 0.05) is 22.6 Å². The van der Waals surface area contributed by atoms with Crippen LogP contribution in [0.2, 0.25) is 0 Å². The van der Waals surface area contributed by atoms with Crippen molar-refractivity contribution < 1.29 is 9.66 Å². The molecule has 6 heteroatoms. The second kappa shape index (κ2) is 5.12. The predicted molar refractivity (Wildman–Crippen MR) is 66.6 cm³/mol. The molecule has 0 aromatic heterocycles. The highest BCUT2D eigenvalue weighted by Crippen LogP contribution is 2.26. The van der Waals surface area contributed by atoms with Crippen LogP contribution in [-0.2, 0) is 11.3 Å². The number of hydrogen-bond donors (Lipinski definition) is 1. The zero-order valence-electron chi connectivity index (χ0n) is 9.14. The smallest absolute Gasteiger partial charge is 0.270 e. The molecular weight excluding hydrogens is 288 g/mol. The molecule has 0 atom stereocenters. The molecule has 1 aromatic rings. The fraction of sp³-hybridized carbons (Fsp3) is 0.455. The molecule has 92 valence electrons. The summed E-state index contributed by atoms with van der Waals surface area (Å²) in [6.45, 7) is 0.454. The van der Waals surface area contributed by atoms with E-state index in [0.29, 0.717) is 11.1 Å². The highest BCUT2D eigenvalue weighted by molar-refractivity contribution is 9.10. The summed E-state index contributed by atoms with van der Waals surface area (Å²) in [6, 6.07) is 4.95. The lowest BCUT2D eigenvalue weighted by atomic mass is 9.90. The van der Waals surface area contributed by atoms with Gasteiger partial charge in [0.1, 0.15) is 0 Å². The summed E-state index contributed by atoms with van der Waals surface area (Å²) in [5.74, 6) is 0. The van der Waals surface area contributed by atoms with E-state index in [1.165, 1.54) is 12.1 Å². The molecule has 0 bridgehead atoms. The molecule has 1 fully saturated rings. The van der Waals surface area contributed by atoms with Gasteiger partial charge in [-0.15, -0.1) is 0 Å². The minimum absolute atomic E-state index is 0.0753. The summed E-state index contributed by atoms with van der Waals surface area (Å²) < 4.78 is 6.34. The van der Waals surface area contributed by atoms with E-state index >= 15 is 0 Å². The van der Waals surface area contributed by atoms with Crippen molar-refractivity contribution in [3.05, 3.63) is 38.3 Å². The van der Waals surface area contributed by atoms with Gasteiger partial charge in [0.15, 0.2) is 0 Å². The Kier molecular flexibility index (Phi) is 3.76. The number of ether oxygens (including phenoxy) is 1. The molecule has 0 spiro atoms. The Bertz CT molecular complexity index is 433. The van der Waals surface area contributed by atoms with Crippen molar-refractivity contribution >= 4 is 21.6 Å². The summed E-state index contributed by atoms with van der Waals surface area (Å²) in [7, 11) is 0. The maximum Gasteiger partial charge on any atom is 0.270 e. The van der Waals surface area contributed by atoms with Crippen molar-refractivity contribution in [1.29, 1.82) is 0 Å². The molecule has 1 aliphatic rings. The van der Waals surface area contributed by atoms with E-state index in [1.807, 2.05) is 0 Å². The summed E-state index contributed by atoms with van der Waals surface area (Å²) in [6.07, 6.45) is 2.02. The van der Waals surface area contributed by atoms with Crippen LogP contribution >= 0.6 is 15.9 Å². The Morgan fingerprint density at radius 1 is 1.53 bits per heavy atom. The van der Waals surface area contributed by atoms with Gasteiger partial charge < -0.3 is 10.5 Å². The largest absolute Gasteiger partial charge is 0.373 e. The third-order valence-corrected chi connectivity index (χ3v) is 3.59. The SMILES string of the molecule is NC1CC(OCc2ccc([N+](=O)[O-])cc2Br)C1. The molecular formula is C11H13BrN2O3. The van der Waals surface area contributed by atoms with E-state index in [0.717, 1.165) is 18.4 Å². The summed E-state index contributed by atoms with van der Waals surface area (Å²) >= 11 is 3.31. The number of nitrogens with zero attached hydrogens (tertiary/aromatic N) is 1. The van der Waals surface area contributed by atoms with Gasteiger partial charge in [-0.25, -0.2) is 0 Å². The van der Waals surface area contributed by atoms with E-state index in [4.69, 9.17) is 10.5 Å². The number of non-ortho nitro benzene ring substituents is 1. The van der Waals surface area contributed by atoms with E-state index in [2.05, 4.69) is 15.9 Å². The molecule has 0 unspecified atom stereocenters. The van der Waals surface area contributed by atoms with E-state index < -0.39 is 4.92 Å². The third kappa shape index (κ3) is 3.02. The molecule has 1 aromatic carbocycles. The van der Waals surface area contributed by atoms with Crippen LogP contribution in [0.1, 0.15) is 18.4 Å². The maximum atomic E-state index is 10.6. The molecule has 5 nitrogen and oxygen atoms in total. The van der Waals surface area contributed by atoms with Crippen LogP contribution in [0.5, 0.6) is 0 Å². The summed E-state index contributed by atoms with van der Waals surface area (Å²) in [5.41, 5.74) is 6.64. The van der Waals surface area contributed by atoms with Gasteiger partial charge in [-0.05, 0) is 24.5 Å². The van der Waals surface area contributed by atoms with Crippen molar-refractivity contribution in [2.75, 3.05) is 0 Å². The number of rotatable bonds is 4. The van der Waals surface area contributed by atoms with Gasteiger partial charge in [-0.1, -0.05) is 15.9 Å². The lowest BCUT2D eigenvalue weighted by molar-refractivity contribution is -0.384. The molecule has 2 rings (SSSR count). The first-order chi connectivity index (χ1) is 8.06. The van der Waals surface area contributed by atoms with Gasteiger partial charge in [0.05, 0.1) is 17.6 Å². The molecule has 0 saturated heterocycles. The van der Waals surface area contributed by atoms with Crippen LogP contribution in [0.3, 0.4) is 0 Å². The molecule has 1 saturated carbocycles. The number of benzene rings is 1. The number of hydrogen-bond acceptors (Lipinski definition) is 4. The normalized spacial score (nSPS) is 23.2. The molecule has 0 amide bonds. The van der Waals surface area contributed by atoms with Gasteiger partial charge >= 0.3 is 0 Å². The van der Waals surface area contributed by atoms with Crippen molar-refractivity contribution in [3.63, 3.8) is 0 Å². The Morgan fingerprint density at radius 3 is 2.76 bits per heavy atom. The molecule has 17 heavy (non-hydrogen) atoms. The average molecular weight is 301 g/mol. The van der Waals surface area contributed by atoms with Crippen LogP contribution in [-0.4, -0.2) is 17.1 Å². The first-order valence-electron chi connectivity index (χ1n) is 5.36. The number of nitro benzene ring substituents is 1. The van der Waals surface area contributed by atoms with Crippen molar-refractivity contribution in [2.24, 2.45) is 5.73 Å². The second-order valence-corrected chi connectivity index (χ2v) is 5.05. The first-order valence-corrected chi connectivity index (χ1v) is 6.15. The van der Waals surface area contributed by atoms with E-state index in [9.17, 15) is 10.1 Å². The van der Waals surface area contributed by atoms with Crippen molar-refractivity contribution in [2.45, 2.75) is 31.6 Å². The van der Waals surface area contributed by atoms with Gasteiger partial charge in [-0.3, -0.25) is 10.1 Å². The van der Waals surface area contributed by atoms with Gasteiger partial charge in [0.2, 0.25) is 0 Å². The standard InChI is InChI=1S/C11H13BrN2O3/c12-11-5-9(14(15)16)2-1-7(11)6-17-10-3-8(13)4-10/h1-2,5,8,10H,3-4,6,13H2. The van der Waals surface area contributed by atoms with Gasteiger partial charge in [-0.2, -0.15) is 0 Å². The average Bonchev–Trinajstić information content (AvgIpc) is 2.24. The van der Waals surface area contributed by atoms with Crippen LogP contribution < -0.4 is 5.73 Å². The zero-order chi connectivity index (χ0) is 12.4. The summed E-state index contributed by atoms with van der Waals surface area (Å²) in [5, 5.41) is 10.6. The molecule has 0 aliphatic heterocycles. The minimum Gasteiger partial charge on any atom is -0.373 e. The first kappa shape index (κ1) is 12.5. The quantitative estimate of drug-likeness (QED) is 0.684. The van der Waals surface area contributed by atoms with Crippen LogP contribution in [0.15, 0.2) is 22.7 Å². The Hall–Kier alpha value is -0.980. The van der Waals surface area contributed by atoms with Crippen molar-refractivity contribution in [1.82, 2.24) is 0 Å². The van der Waals surface area contributed by atoms with Gasteiger partial charge in [0.25, 0.3) is 5.69 Å². The molecule has 0 radical (unpaired) electrons. The monoisotopic (exact) mass is 300 g/mol. The summed E-state index contributed by atoms with van der Waals surface area (Å²) in [4.78, 5) is 10.1. The molecule has 0 heterocycles. The Morgan fingerprint density at radius 2 is 2.24 bits per heavy atom. The zero-order valence-corrected chi connectivity index (χ0v) is 10.7. The third-order valence-electron chi connectivity index (χ3n) is 2.85. The van der Waals surface area contributed by atoms with Crippen molar-refractivity contribution in [3.8, 4) is 0 Å². The second-order valence-electron chi connectivity index (χ2n) is 4.20. The van der Waals surface area contributed by atoms with Crippen LogP contribution in [0, 0.1) is 10.1 Å². The Balaban J connectivity index is 1.94. The predicted octanol–water partition coefficient (Wildman–Crippen LogP) is 2.36. The Labute approximate surface area is 107 Å². The topological polar surface area (TPSA) is 78.4 Å². The number of halogens is 1.